The lowest BCUT2D eigenvalue weighted by Gasteiger charge is -2.06. The number of anilines is 3. The molecule has 0 unspecified atom stereocenters. The van der Waals surface area contributed by atoms with Gasteiger partial charge in [0.25, 0.3) is 0 Å². The van der Waals surface area contributed by atoms with Crippen LogP contribution in [0, 0.1) is 0 Å². The molecule has 2 aromatic rings. The number of hydrogen-bond donors (Lipinski definition) is 3. The molecule has 100 valence electrons. The van der Waals surface area contributed by atoms with Crippen LogP contribution in [0.5, 0.6) is 0 Å². The average Bonchev–Trinajstić information content (AvgIpc) is 2.37. The van der Waals surface area contributed by atoms with Crippen molar-refractivity contribution in [1.82, 2.24) is 19.9 Å². The molecule has 0 aliphatic rings. The summed E-state index contributed by atoms with van der Waals surface area (Å²) >= 11 is 2.75. The highest BCUT2D eigenvalue weighted by Gasteiger charge is 2.08. The molecular weight excluding hydrogens is 282 g/mol. The minimum absolute atomic E-state index is 0.336. The van der Waals surface area contributed by atoms with Gasteiger partial charge in [0.15, 0.2) is 10.3 Å². The summed E-state index contributed by atoms with van der Waals surface area (Å²) in [5.41, 5.74) is 11.3. The number of nitrogens with zero attached hydrogens (tertiary/aromatic N) is 4. The lowest BCUT2D eigenvalue weighted by Crippen LogP contribution is -2.00. The first-order chi connectivity index (χ1) is 9.10. The third-order valence-electron chi connectivity index (χ3n) is 2.06. The van der Waals surface area contributed by atoms with Gasteiger partial charge in [-0.1, -0.05) is 11.8 Å². The molecular formula is C10H13N7S2. The number of hydrogen-bond acceptors (Lipinski definition) is 9. The monoisotopic (exact) mass is 295 g/mol. The van der Waals surface area contributed by atoms with Gasteiger partial charge in [-0.3, -0.25) is 0 Å². The fraction of sp³-hybridized carbons (Fsp3) is 0.200. The Kier molecular flexibility index (Phi) is 4.27. The molecule has 2 rings (SSSR count). The Morgan fingerprint density at radius 2 is 1.68 bits per heavy atom. The van der Waals surface area contributed by atoms with E-state index < -0.39 is 0 Å². The van der Waals surface area contributed by atoms with Crippen LogP contribution in [0.4, 0.5) is 17.5 Å². The first-order valence-corrected chi connectivity index (χ1v) is 7.33. The van der Waals surface area contributed by atoms with Crippen molar-refractivity contribution in [3.63, 3.8) is 0 Å². The Hall–Kier alpha value is -1.74. The van der Waals surface area contributed by atoms with Crippen LogP contribution in [0.2, 0.25) is 0 Å². The second-order valence-electron chi connectivity index (χ2n) is 3.43. The van der Waals surface area contributed by atoms with E-state index in [2.05, 4.69) is 25.3 Å². The molecule has 0 radical (unpaired) electrons. The molecule has 0 fully saturated rings. The van der Waals surface area contributed by atoms with Gasteiger partial charge in [-0.25, -0.2) is 19.9 Å². The molecule has 2 heterocycles. The maximum absolute atomic E-state index is 5.63. The molecule has 0 spiro atoms. The van der Waals surface area contributed by atoms with Gasteiger partial charge < -0.3 is 16.8 Å². The van der Waals surface area contributed by atoms with E-state index in [-0.39, 0.29) is 0 Å². The van der Waals surface area contributed by atoms with E-state index >= 15 is 0 Å². The zero-order chi connectivity index (χ0) is 13.8. The summed E-state index contributed by atoms with van der Waals surface area (Å²) in [4.78, 5) is 16.9. The van der Waals surface area contributed by atoms with Gasteiger partial charge in [-0.15, -0.1) is 0 Å². The molecule has 5 N–H and O–H groups in total. The number of thioether (sulfide) groups is 1. The van der Waals surface area contributed by atoms with Crippen LogP contribution < -0.4 is 16.8 Å². The van der Waals surface area contributed by atoms with E-state index in [0.717, 1.165) is 10.8 Å². The fourth-order valence-electron chi connectivity index (χ4n) is 1.28. The number of rotatable bonds is 4. The van der Waals surface area contributed by atoms with Gasteiger partial charge in [0.1, 0.15) is 22.5 Å². The quantitative estimate of drug-likeness (QED) is 0.436. The molecule has 19 heavy (non-hydrogen) atoms. The van der Waals surface area contributed by atoms with Crippen LogP contribution >= 0.6 is 23.5 Å². The fourth-order valence-corrected chi connectivity index (χ4v) is 2.51. The number of nitrogen functional groups attached to an aromatic ring is 2. The van der Waals surface area contributed by atoms with Crippen molar-refractivity contribution in [3.8, 4) is 0 Å². The lowest BCUT2D eigenvalue weighted by atomic mass is 10.5. The Balaban J connectivity index is 2.31. The maximum atomic E-state index is 5.63. The lowest BCUT2D eigenvalue weighted by molar-refractivity contribution is 0.889. The minimum Gasteiger partial charge on any atom is -0.383 e. The maximum Gasteiger partial charge on any atom is 0.197 e. The average molecular weight is 295 g/mol. The van der Waals surface area contributed by atoms with E-state index in [0.29, 0.717) is 21.9 Å². The van der Waals surface area contributed by atoms with Crippen LogP contribution in [0.25, 0.3) is 0 Å². The number of nitrogens with two attached hydrogens (primary N) is 2. The SMILES string of the molecule is CNc1cc(Sc2nc(N)cc(N)n2)nc(SC)n1. The Bertz CT molecular complexity index is 548. The van der Waals surface area contributed by atoms with Crippen molar-refractivity contribution in [1.29, 1.82) is 0 Å². The van der Waals surface area contributed by atoms with Crippen LogP contribution in [0.1, 0.15) is 0 Å². The van der Waals surface area contributed by atoms with Crippen LogP contribution in [-0.4, -0.2) is 33.2 Å². The van der Waals surface area contributed by atoms with E-state index in [1.165, 1.54) is 29.6 Å². The molecule has 2 aromatic heterocycles. The summed E-state index contributed by atoms with van der Waals surface area (Å²) in [6.07, 6.45) is 1.91. The van der Waals surface area contributed by atoms with Crippen molar-refractivity contribution >= 4 is 41.0 Å². The van der Waals surface area contributed by atoms with Gasteiger partial charge >= 0.3 is 0 Å². The standard InChI is InChI=1S/C10H13N7S2/c1-13-7-4-8(17-9(16-7)18-2)19-10-14-5(11)3-6(12)15-10/h3-4H,1-2H3,(H,13,16,17)(H4,11,12,14,15). The molecule has 0 aliphatic carbocycles. The highest BCUT2D eigenvalue weighted by Crippen LogP contribution is 2.27. The summed E-state index contributed by atoms with van der Waals surface area (Å²) in [7, 11) is 1.80. The molecule has 7 nitrogen and oxygen atoms in total. The molecule has 0 bridgehead atoms. The topological polar surface area (TPSA) is 116 Å². The second kappa shape index (κ2) is 5.93. The minimum atomic E-state index is 0.336. The van der Waals surface area contributed by atoms with Gasteiger partial charge in [0, 0.05) is 19.2 Å². The number of nitrogens with one attached hydrogen (secondary N) is 1. The number of aromatic nitrogens is 4. The largest absolute Gasteiger partial charge is 0.383 e. The van der Waals surface area contributed by atoms with Gasteiger partial charge in [0.05, 0.1) is 0 Å². The summed E-state index contributed by atoms with van der Waals surface area (Å²) in [5.74, 6) is 1.41. The zero-order valence-electron chi connectivity index (χ0n) is 10.4. The highest BCUT2D eigenvalue weighted by molar-refractivity contribution is 7.99. The predicted octanol–water partition coefficient (Wildman–Crippen LogP) is 1.35. The van der Waals surface area contributed by atoms with Crippen molar-refractivity contribution < 1.29 is 0 Å². The Labute approximate surface area is 119 Å². The molecule has 0 aromatic carbocycles. The van der Waals surface area contributed by atoms with Crippen molar-refractivity contribution in [2.75, 3.05) is 30.1 Å². The molecule has 0 aliphatic heterocycles. The molecule has 0 saturated carbocycles. The van der Waals surface area contributed by atoms with Crippen LogP contribution in [0.3, 0.4) is 0 Å². The van der Waals surface area contributed by atoms with Gasteiger partial charge in [-0.05, 0) is 18.0 Å². The van der Waals surface area contributed by atoms with E-state index in [9.17, 15) is 0 Å². The first-order valence-electron chi connectivity index (χ1n) is 5.29. The normalized spacial score (nSPS) is 10.4. The summed E-state index contributed by atoms with van der Waals surface area (Å²) in [6.45, 7) is 0. The smallest absolute Gasteiger partial charge is 0.197 e. The van der Waals surface area contributed by atoms with Crippen LogP contribution in [-0.2, 0) is 0 Å². The van der Waals surface area contributed by atoms with E-state index in [4.69, 9.17) is 11.5 Å². The first kappa shape index (κ1) is 13.7. The summed E-state index contributed by atoms with van der Waals surface area (Å²) in [6, 6.07) is 3.32. The molecule has 0 saturated heterocycles. The third-order valence-corrected chi connectivity index (χ3v) is 3.39. The molecule has 0 amide bonds. The van der Waals surface area contributed by atoms with Crippen LogP contribution in [0.15, 0.2) is 27.5 Å². The Morgan fingerprint density at radius 1 is 1.00 bits per heavy atom. The zero-order valence-corrected chi connectivity index (χ0v) is 12.0. The third kappa shape index (κ3) is 3.61. The van der Waals surface area contributed by atoms with Crippen molar-refractivity contribution in [3.05, 3.63) is 12.1 Å². The van der Waals surface area contributed by atoms with Crippen molar-refractivity contribution in [2.24, 2.45) is 0 Å². The molecule has 9 heteroatoms. The highest BCUT2D eigenvalue weighted by atomic mass is 32.2. The summed E-state index contributed by atoms with van der Waals surface area (Å²) in [5, 5.41) is 4.85. The van der Waals surface area contributed by atoms with Gasteiger partial charge in [0.2, 0.25) is 0 Å². The summed E-state index contributed by atoms with van der Waals surface area (Å²) < 4.78 is 0. The predicted molar refractivity (Wildman–Crippen MR) is 78.3 cm³/mol. The van der Waals surface area contributed by atoms with Gasteiger partial charge in [-0.2, -0.15) is 0 Å². The Morgan fingerprint density at radius 3 is 2.26 bits per heavy atom. The van der Waals surface area contributed by atoms with E-state index in [1.807, 2.05) is 12.3 Å². The second-order valence-corrected chi connectivity index (χ2v) is 5.19. The molecule has 0 atom stereocenters. The van der Waals surface area contributed by atoms with Crippen molar-refractivity contribution in [2.45, 2.75) is 15.3 Å². The van der Waals surface area contributed by atoms with E-state index in [1.54, 1.807) is 7.05 Å².